The summed E-state index contributed by atoms with van der Waals surface area (Å²) in [4.78, 5) is 28.9. The Kier molecular flexibility index (Phi) is 4.73. The van der Waals surface area contributed by atoms with Crippen molar-refractivity contribution < 1.29 is 14.3 Å². The van der Waals surface area contributed by atoms with Gasteiger partial charge >= 0.3 is 5.97 Å². The summed E-state index contributed by atoms with van der Waals surface area (Å²) in [5.41, 5.74) is 2.77. The minimum Gasteiger partial charge on any atom is -0.465 e. The maximum absolute atomic E-state index is 12.5. The van der Waals surface area contributed by atoms with Crippen LogP contribution in [-0.4, -0.2) is 24.0 Å². The van der Waals surface area contributed by atoms with Crippen molar-refractivity contribution >= 4 is 40.2 Å². The number of carbonyl (C=O) groups excluding carboxylic acids is 2. The van der Waals surface area contributed by atoms with Gasteiger partial charge in [-0.3, -0.25) is 4.79 Å². The monoisotopic (exact) mass is 358 g/mol. The van der Waals surface area contributed by atoms with Crippen LogP contribution in [0.25, 0.3) is 10.6 Å². The van der Waals surface area contributed by atoms with Gasteiger partial charge in [-0.15, -0.1) is 11.3 Å². The van der Waals surface area contributed by atoms with Crippen molar-refractivity contribution in [2.75, 3.05) is 12.4 Å². The van der Waals surface area contributed by atoms with Gasteiger partial charge in [-0.2, -0.15) is 11.3 Å². The second-order valence-electron chi connectivity index (χ2n) is 4.97. The number of benzene rings is 1. The lowest BCUT2D eigenvalue weighted by Gasteiger charge is -2.05. The fourth-order valence-corrected chi connectivity index (χ4v) is 3.79. The first-order valence-electron chi connectivity index (χ1n) is 7.08. The summed E-state index contributed by atoms with van der Waals surface area (Å²) < 4.78 is 4.65. The predicted octanol–water partition coefficient (Wildman–Crippen LogP) is 4.22. The van der Waals surface area contributed by atoms with Crippen LogP contribution in [0.1, 0.15) is 25.7 Å². The Morgan fingerprint density at radius 1 is 1.17 bits per heavy atom. The quantitative estimate of drug-likeness (QED) is 0.709. The van der Waals surface area contributed by atoms with Crippen LogP contribution in [0, 0.1) is 6.92 Å². The van der Waals surface area contributed by atoms with E-state index in [-0.39, 0.29) is 5.91 Å². The molecule has 1 N–H and O–H groups in total. The first-order valence-corrected chi connectivity index (χ1v) is 8.84. The smallest absolute Gasteiger partial charge is 0.337 e. The number of esters is 1. The largest absolute Gasteiger partial charge is 0.465 e. The van der Waals surface area contributed by atoms with E-state index in [0.717, 1.165) is 10.6 Å². The highest BCUT2D eigenvalue weighted by Gasteiger charge is 2.17. The molecule has 0 aliphatic rings. The maximum atomic E-state index is 12.5. The molecule has 0 radical (unpaired) electrons. The van der Waals surface area contributed by atoms with Crippen LogP contribution >= 0.6 is 22.7 Å². The van der Waals surface area contributed by atoms with Gasteiger partial charge in [-0.1, -0.05) is 0 Å². The molecule has 0 aliphatic heterocycles. The van der Waals surface area contributed by atoms with Gasteiger partial charge in [0, 0.05) is 16.6 Å². The Bertz CT molecular complexity index is 868. The van der Waals surface area contributed by atoms with Gasteiger partial charge in [0.2, 0.25) is 0 Å². The third kappa shape index (κ3) is 3.37. The highest BCUT2D eigenvalue weighted by molar-refractivity contribution is 7.17. The zero-order valence-corrected chi connectivity index (χ0v) is 14.7. The molecule has 0 bridgehead atoms. The molecule has 24 heavy (non-hydrogen) atoms. The predicted molar refractivity (Wildman–Crippen MR) is 95.9 cm³/mol. The minimum absolute atomic E-state index is 0.211. The molecule has 7 heteroatoms. The van der Waals surface area contributed by atoms with E-state index < -0.39 is 5.97 Å². The van der Waals surface area contributed by atoms with Gasteiger partial charge in [0.15, 0.2) is 0 Å². The van der Waals surface area contributed by atoms with Crippen molar-refractivity contribution in [3.8, 4) is 10.6 Å². The number of rotatable bonds is 4. The SMILES string of the molecule is COC(=O)c1ccc(NC(=O)c2sc(-c3ccsc3)nc2C)cc1. The number of aromatic nitrogens is 1. The number of thiophene rings is 1. The molecular formula is C17H14N2O3S2. The van der Waals surface area contributed by atoms with E-state index in [1.807, 2.05) is 23.8 Å². The fourth-order valence-electron chi connectivity index (χ4n) is 2.11. The zero-order chi connectivity index (χ0) is 17.1. The summed E-state index contributed by atoms with van der Waals surface area (Å²) in [7, 11) is 1.33. The molecule has 0 atom stereocenters. The van der Waals surface area contributed by atoms with Crippen LogP contribution in [0.4, 0.5) is 5.69 Å². The van der Waals surface area contributed by atoms with Crippen LogP contribution in [-0.2, 0) is 4.74 Å². The van der Waals surface area contributed by atoms with Crippen molar-refractivity contribution in [3.05, 3.63) is 57.2 Å². The average molecular weight is 358 g/mol. The Morgan fingerprint density at radius 2 is 1.92 bits per heavy atom. The molecule has 1 amide bonds. The highest BCUT2D eigenvalue weighted by atomic mass is 32.1. The number of methoxy groups -OCH3 is 1. The Hall–Kier alpha value is -2.51. The summed E-state index contributed by atoms with van der Waals surface area (Å²) in [6, 6.07) is 8.53. The molecule has 3 aromatic rings. The Labute approximate surface area is 146 Å². The molecule has 2 heterocycles. The molecule has 122 valence electrons. The van der Waals surface area contributed by atoms with Crippen LogP contribution in [0.15, 0.2) is 41.1 Å². The minimum atomic E-state index is -0.411. The first kappa shape index (κ1) is 16.4. The third-order valence-electron chi connectivity index (χ3n) is 3.33. The summed E-state index contributed by atoms with van der Waals surface area (Å²) in [5.74, 6) is -0.621. The molecule has 3 rings (SSSR count). The van der Waals surface area contributed by atoms with Gasteiger partial charge in [-0.05, 0) is 42.6 Å². The van der Waals surface area contributed by atoms with Crippen LogP contribution in [0.3, 0.4) is 0 Å². The standard InChI is InChI=1S/C17H14N2O3S2/c1-10-14(24-16(18-10)12-7-8-23-9-12)15(20)19-13-5-3-11(4-6-13)17(21)22-2/h3-9H,1-2H3,(H,19,20). The van der Waals surface area contributed by atoms with Gasteiger partial charge in [0.05, 0.1) is 18.4 Å². The number of thiazole rings is 1. The average Bonchev–Trinajstić information content (AvgIpc) is 3.24. The van der Waals surface area contributed by atoms with Crippen molar-refractivity contribution in [1.29, 1.82) is 0 Å². The van der Waals surface area contributed by atoms with E-state index in [1.165, 1.54) is 18.4 Å². The molecule has 5 nitrogen and oxygen atoms in total. The lowest BCUT2D eigenvalue weighted by atomic mass is 10.2. The van der Waals surface area contributed by atoms with Gasteiger partial charge in [0.1, 0.15) is 9.88 Å². The zero-order valence-electron chi connectivity index (χ0n) is 13.0. The molecule has 0 aliphatic carbocycles. The van der Waals surface area contributed by atoms with Gasteiger partial charge < -0.3 is 10.1 Å². The fraction of sp³-hybridized carbons (Fsp3) is 0.118. The van der Waals surface area contributed by atoms with Crippen molar-refractivity contribution in [2.24, 2.45) is 0 Å². The van der Waals surface area contributed by atoms with E-state index in [1.54, 1.807) is 35.6 Å². The van der Waals surface area contributed by atoms with Gasteiger partial charge in [0.25, 0.3) is 5.91 Å². The lowest BCUT2D eigenvalue weighted by Crippen LogP contribution is -2.11. The highest BCUT2D eigenvalue weighted by Crippen LogP contribution is 2.29. The van der Waals surface area contributed by atoms with Crippen LogP contribution < -0.4 is 5.32 Å². The van der Waals surface area contributed by atoms with Crippen molar-refractivity contribution in [1.82, 2.24) is 4.98 Å². The first-order chi connectivity index (χ1) is 11.6. The second kappa shape index (κ2) is 6.94. The number of anilines is 1. The van der Waals surface area contributed by atoms with E-state index in [4.69, 9.17) is 0 Å². The summed E-state index contributed by atoms with van der Waals surface area (Å²) >= 11 is 2.96. The Morgan fingerprint density at radius 3 is 2.54 bits per heavy atom. The topological polar surface area (TPSA) is 68.3 Å². The second-order valence-corrected chi connectivity index (χ2v) is 6.75. The summed E-state index contributed by atoms with van der Waals surface area (Å²) in [6.07, 6.45) is 0. The normalized spacial score (nSPS) is 10.4. The number of nitrogens with zero attached hydrogens (tertiary/aromatic N) is 1. The van der Waals surface area contributed by atoms with Crippen LogP contribution in [0.5, 0.6) is 0 Å². The number of carbonyl (C=O) groups is 2. The maximum Gasteiger partial charge on any atom is 0.337 e. The molecule has 0 fully saturated rings. The molecule has 0 spiro atoms. The molecular weight excluding hydrogens is 344 g/mol. The molecule has 1 aromatic carbocycles. The third-order valence-corrected chi connectivity index (χ3v) is 5.22. The number of hydrogen-bond acceptors (Lipinski definition) is 6. The number of ether oxygens (including phenoxy) is 1. The molecule has 0 unspecified atom stereocenters. The van der Waals surface area contributed by atoms with Crippen LogP contribution in [0.2, 0.25) is 0 Å². The van der Waals surface area contributed by atoms with E-state index in [9.17, 15) is 9.59 Å². The number of nitrogens with one attached hydrogen (secondary N) is 1. The Balaban J connectivity index is 1.77. The van der Waals surface area contributed by atoms with E-state index in [0.29, 0.717) is 21.8 Å². The van der Waals surface area contributed by atoms with E-state index in [2.05, 4.69) is 15.0 Å². The number of amides is 1. The molecule has 2 aromatic heterocycles. The number of hydrogen-bond donors (Lipinski definition) is 1. The van der Waals surface area contributed by atoms with E-state index >= 15 is 0 Å². The van der Waals surface area contributed by atoms with Crippen molar-refractivity contribution in [2.45, 2.75) is 6.92 Å². The van der Waals surface area contributed by atoms with Crippen molar-refractivity contribution in [3.63, 3.8) is 0 Å². The molecule has 0 saturated heterocycles. The lowest BCUT2D eigenvalue weighted by molar-refractivity contribution is 0.0600. The molecule has 0 saturated carbocycles. The summed E-state index contributed by atoms with van der Waals surface area (Å²) in [6.45, 7) is 1.82. The summed E-state index contributed by atoms with van der Waals surface area (Å²) in [5, 5.41) is 7.64. The van der Waals surface area contributed by atoms with Gasteiger partial charge in [-0.25, -0.2) is 9.78 Å². The number of aryl methyl sites for hydroxylation is 1.